The SMILES string of the molecule is COC(=O)[C@H]1CCC[C@]2(CCCN2)C1. The second-order valence-corrected chi connectivity index (χ2v) is 4.63. The van der Waals surface area contributed by atoms with Crippen molar-refractivity contribution in [3.63, 3.8) is 0 Å². The van der Waals surface area contributed by atoms with Crippen molar-refractivity contribution in [3.05, 3.63) is 0 Å². The van der Waals surface area contributed by atoms with Crippen LogP contribution in [0.5, 0.6) is 0 Å². The molecule has 2 atom stereocenters. The molecule has 0 aromatic carbocycles. The lowest BCUT2D eigenvalue weighted by Crippen LogP contribution is -2.45. The van der Waals surface area contributed by atoms with Gasteiger partial charge < -0.3 is 10.1 Å². The molecule has 14 heavy (non-hydrogen) atoms. The molecule has 0 amide bonds. The largest absolute Gasteiger partial charge is 0.469 e. The summed E-state index contributed by atoms with van der Waals surface area (Å²) >= 11 is 0. The van der Waals surface area contributed by atoms with Crippen molar-refractivity contribution in [3.8, 4) is 0 Å². The van der Waals surface area contributed by atoms with Gasteiger partial charge in [-0.2, -0.15) is 0 Å². The van der Waals surface area contributed by atoms with Gasteiger partial charge in [-0.3, -0.25) is 4.79 Å². The van der Waals surface area contributed by atoms with Crippen LogP contribution in [0.3, 0.4) is 0 Å². The van der Waals surface area contributed by atoms with Gasteiger partial charge in [0.05, 0.1) is 13.0 Å². The van der Waals surface area contributed by atoms with Gasteiger partial charge in [0, 0.05) is 5.54 Å². The lowest BCUT2D eigenvalue weighted by molar-refractivity contribution is -0.147. The fraction of sp³-hybridized carbons (Fsp3) is 0.909. The Hall–Kier alpha value is -0.570. The highest BCUT2D eigenvalue weighted by Gasteiger charge is 2.40. The van der Waals surface area contributed by atoms with Crippen LogP contribution in [0.25, 0.3) is 0 Å². The van der Waals surface area contributed by atoms with E-state index in [0.717, 1.165) is 25.8 Å². The third kappa shape index (κ3) is 1.78. The van der Waals surface area contributed by atoms with E-state index in [4.69, 9.17) is 4.74 Å². The zero-order valence-electron chi connectivity index (χ0n) is 8.84. The van der Waals surface area contributed by atoms with Crippen molar-refractivity contribution >= 4 is 5.97 Å². The number of ether oxygens (including phenoxy) is 1. The van der Waals surface area contributed by atoms with Crippen LogP contribution in [0.15, 0.2) is 0 Å². The van der Waals surface area contributed by atoms with Gasteiger partial charge in [0.1, 0.15) is 0 Å². The summed E-state index contributed by atoms with van der Waals surface area (Å²) in [4.78, 5) is 11.5. The van der Waals surface area contributed by atoms with Crippen molar-refractivity contribution in [1.82, 2.24) is 5.32 Å². The number of hydrogen-bond acceptors (Lipinski definition) is 3. The van der Waals surface area contributed by atoms with E-state index in [-0.39, 0.29) is 17.4 Å². The Kier molecular flexibility index (Phi) is 2.77. The second-order valence-electron chi connectivity index (χ2n) is 4.63. The van der Waals surface area contributed by atoms with Gasteiger partial charge in [0.25, 0.3) is 0 Å². The molecule has 1 aliphatic heterocycles. The average molecular weight is 197 g/mol. The smallest absolute Gasteiger partial charge is 0.308 e. The van der Waals surface area contributed by atoms with Crippen LogP contribution in [-0.2, 0) is 9.53 Å². The number of nitrogens with one attached hydrogen (secondary N) is 1. The molecule has 2 rings (SSSR count). The Morgan fingerprint density at radius 1 is 1.43 bits per heavy atom. The summed E-state index contributed by atoms with van der Waals surface area (Å²) < 4.78 is 4.83. The summed E-state index contributed by atoms with van der Waals surface area (Å²) in [6, 6.07) is 0. The maximum absolute atomic E-state index is 11.5. The third-order valence-electron chi connectivity index (χ3n) is 3.71. The van der Waals surface area contributed by atoms with Gasteiger partial charge in [-0.25, -0.2) is 0 Å². The van der Waals surface area contributed by atoms with Crippen LogP contribution < -0.4 is 5.32 Å². The molecule has 1 saturated heterocycles. The van der Waals surface area contributed by atoms with E-state index in [9.17, 15) is 4.79 Å². The van der Waals surface area contributed by atoms with Crippen LogP contribution in [0, 0.1) is 5.92 Å². The van der Waals surface area contributed by atoms with Gasteiger partial charge in [-0.1, -0.05) is 6.42 Å². The molecule has 3 nitrogen and oxygen atoms in total. The third-order valence-corrected chi connectivity index (χ3v) is 3.71. The average Bonchev–Trinajstić information content (AvgIpc) is 2.65. The van der Waals surface area contributed by atoms with E-state index in [2.05, 4.69) is 5.32 Å². The summed E-state index contributed by atoms with van der Waals surface area (Å²) in [5, 5.41) is 3.57. The number of carbonyl (C=O) groups excluding carboxylic acids is 1. The Morgan fingerprint density at radius 2 is 2.21 bits per heavy atom. The zero-order chi connectivity index (χ0) is 10.0. The van der Waals surface area contributed by atoms with Crippen LogP contribution >= 0.6 is 0 Å². The topological polar surface area (TPSA) is 38.3 Å². The van der Waals surface area contributed by atoms with Crippen LogP contribution in [-0.4, -0.2) is 25.2 Å². The maximum Gasteiger partial charge on any atom is 0.308 e. The number of methoxy groups -OCH3 is 1. The molecule has 2 aliphatic rings. The highest BCUT2D eigenvalue weighted by molar-refractivity contribution is 5.72. The van der Waals surface area contributed by atoms with E-state index in [1.165, 1.54) is 26.4 Å². The molecular weight excluding hydrogens is 178 g/mol. The fourth-order valence-corrected chi connectivity index (χ4v) is 2.99. The van der Waals surface area contributed by atoms with Crippen LogP contribution in [0.2, 0.25) is 0 Å². The van der Waals surface area contributed by atoms with Gasteiger partial charge in [-0.15, -0.1) is 0 Å². The summed E-state index contributed by atoms with van der Waals surface area (Å²) in [5.74, 6) is 0.122. The van der Waals surface area contributed by atoms with E-state index in [0.29, 0.717) is 0 Å². The first kappa shape index (κ1) is 9.97. The predicted octanol–water partition coefficient (Wildman–Crippen LogP) is 1.47. The Bertz CT molecular complexity index is 221. The highest BCUT2D eigenvalue weighted by atomic mass is 16.5. The van der Waals surface area contributed by atoms with Crippen molar-refractivity contribution in [2.24, 2.45) is 5.92 Å². The first-order chi connectivity index (χ1) is 6.76. The lowest BCUT2D eigenvalue weighted by atomic mass is 9.75. The van der Waals surface area contributed by atoms with Crippen molar-refractivity contribution in [2.75, 3.05) is 13.7 Å². The first-order valence-corrected chi connectivity index (χ1v) is 5.59. The van der Waals surface area contributed by atoms with Gasteiger partial charge in [0.15, 0.2) is 0 Å². The molecule has 1 spiro atoms. The van der Waals surface area contributed by atoms with Gasteiger partial charge in [-0.05, 0) is 38.6 Å². The number of rotatable bonds is 1. The minimum atomic E-state index is -0.0159. The Balaban J connectivity index is 1.99. The zero-order valence-corrected chi connectivity index (χ0v) is 8.84. The molecule has 0 aromatic rings. The molecule has 3 heteroatoms. The normalized spacial score (nSPS) is 37.4. The number of esters is 1. The molecule has 1 aliphatic carbocycles. The van der Waals surface area contributed by atoms with E-state index < -0.39 is 0 Å². The van der Waals surface area contributed by atoms with Crippen LogP contribution in [0.1, 0.15) is 38.5 Å². The summed E-state index contributed by atoms with van der Waals surface area (Å²) in [6.45, 7) is 1.12. The standard InChI is InChI=1S/C11H19NO2/c1-14-10(13)9-4-2-5-11(8-9)6-3-7-12-11/h9,12H,2-8H2,1H3/t9-,11-/m0/s1. The molecule has 0 aromatic heterocycles. The molecule has 1 heterocycles. The monoisotopic (exact) mass is 197 g/mol. The molecular formula is C11H19NO2. The van der Waals surface area contributed by atoms with E-state index >= 15 is 0 Å². The number of hydrogen-bond donors (Lipinski definition) is 1. The first-order valence-electron chi connectivity index (χ1n) is 5.59. The molecule has 0 bridgehead atoms. The van der Waals surface area contributed by atoms with E-state index in [1.807, 2.05) is 0 Å². The van der Waals surface area contributed by atoms with Crippen LogP contribution in [0.4, 0.5) is 0 Å². The minimum Gasteiger partial charge on any atom is -0.469 e. The predicted molar refractivity (Wildman–Crippen MR) is 53.9 cm³/mol. The molecule has 0 unspecified atom stereocenters. The molecule has 1 N–H and O–H groups in total. The van der Waals surface area contributed by atoms with Gasteiger partial charge in [0.2, 0.25) is 0 Å². The second kappa shape index (κ2) is 3.89. The quantitative estimate of drug-likeness (QED) is 0.647. The fourth-order valence-electron chi connectivity index (χ4n) is 2.99. The summed E-state index contributed by atoms with van der Waals surface area (Å²) in [7, 11) is 1.49. The van der Waals surface area contributed by atoms with Crippen molar-refractivity contribution < 1.29 is 9.53 Å². The molecule has 1 saturated carbocycles. The number of carbonyl (C=O) groups is 1. The molecule has 80 valence electrons. The van der Waals surface area contributed by atoms with Crippen molar-refractivity contribution in [1.29, 1.82) is 0 Å². The van der Waals surface area contributed by atoms with E-state index in [1.54, 1.807) is 0 Å². The molecule has 2 fully saturated rings. The van der Waals surface area contributed by atoms with Gasteiger partial charge >= 0.3 is 5.97 Å². The molecule has 0 radical (unpaired) electrons. The highest BCUT2D eigenvalue weighted by Crippen LogP contribution is 2.38. The Labute approximate surface area is 85.2 Å². The summed E-state index contributed by atoms with van der Waals surface area (Å²) in [5.41, 5.74) is 0.275. The lowest BCUT2D eigenvalue weighted by Gasteiger charge is -2.37. The van der Waals surface area contributed by atoms with Crippen molar-refractivity contribution in [2.45, 2.75) is 44.1 Å². The maximum atomic E-state index is 11.5. The Morgan fingerprint density at radius 3 is 2.86 bits per heavy atom. The summed E-state index contributed by atoms with van der Waals surface area (Å²) in [6.07, 6.45) is 6.89. The minimum absolute atomic E-state index is 0.0159.